The molecule has 0 fully saturated rings. The van der Waals surface area contributed by atoms with Crippen LogP contribution in [0.4, 0.5) is 0 Å². The van der Waals surface area contributed by atoms with Crippen LogP contribution < -0.4 is 0 Å². The van der Waals surface area contributed by atoms with Crippen molar-refractivity contribution in [3.05, 3.63) is 65.7 Å². The van der Waals surface area contributed by atoms with Gasteiger partial charge in [0.1, 0.15) is 0 Å². The molecule has 0 N–H and O–H groups in total. The highest BCUT2D eigenvalue weighted by Gasteiger charge is 2.11. The number of aryl methyl sites for hydroxylation is 1. The summed E-state index contributed by atoms with van der Waals surface area (Å²) in [7, 11) is 0. The number of thiol groups is 1. The second kappa shape index (κ2) is 6.65. The molecule has 0 unspecified atom stereocenters. The normalized spacial score (nSPS) is 10.5. The Morgan fingerprint density at radius 2 is 1.28 bits per heavy atom. The summed E-state index contributed by atoms with van der Waals surface area (Å²) in [5.41, 5.74) is 2.93. The van der Waals surface area contributed by atoms with E-state index in [1.165, 1.54) is 11.1 Å². The van der Waals surface area contributed by atoms with Gasteiger partial charge in [-0.3, -0.25) is 0 Å². The molecule has 0 aliphatic carbocycles. The Hall–Kier alpha value is -1.21. The fourth-order valence-electron chi connectivity index (χ4n) is 1.50. The van der Waals surface area contributed by atoms with Gasteiger partial charge in [-0.2, -0.15) is 0 Å². The van der Waals surface area contributed by atoms with Gasteiger partial charge in [-0.15, -0.1) is 12.6 Å². The summed E-state index contributed by atoms with van der Waals surface area (Å²) >= 11 is 4.23. The highest BCUT2D eigenvalue weighted by Crippen LogP contribution is 2.22. The quantitative estimate of drug-likeness (QED) is 0.612. The van der Waals surface area contributed by atoms with Crippen molar-refractivity contribution < 1.29 is 0 Å². The molecule has 0 nitrogen and oxygen atoms in total. The fraction of sp³-hybridized carbons (Fsp3) is 0.294. The fourth-order valence-corrected chi connectivity index (χ4v) is 1.64. The minimum Gasteiger partial charge on any atom is -0.143 e. The largest absolute Gasteiger partial charge is 0.143 e. The van der Waals surface area contributed by atoms with Crippen LogP contribution in [0.5, 0.6) is 0 Å². The highest BCUT2D eigenvalue weighted by atomic mass is 32.1. The van der Waals surface area contributed by atoms with Gasteiger partial charge in [0.05, 0.1) is 0 Å². The van der Waals surface area contributed by atoms with Gasteiger partial charge in [-0.25, -0.2) is 0 Å². The van der Waals surface area contributed by atoms with E-state index in [0.717, 1.165) is 4.90 Å². The lowest BCUT2D eigenvalue weighted by molar-refractivity contribution is 0.590. The van der Waals surface area contributed by atoms with Gasteiger partial charge in [0.2, 0.25) is 0 Å². The van der Waals surface area contributed by atoms with Gasteiger partial charge in [-0.05, 0) is 30.0 Å². The first kappa shape index (κ1) is 14.8. The van der Waals surface area contributed by atoms with E-state index >= 15 is 0 Å². The molecule has 0 radical (unpaired) electrons. The molecule has 0 bridgehead atoms. The second-order valence-electron chi connectivity index (χ2n) is 5.45. The van der Waals surface area contributed by atoms with Gasteiger partial charge in [0, 0.05) is 4.90 Å². The summed E-state index contributed by atoms with van der Waals surface area (Å²) in [4.78, 5) is 1.03. The maximum atomic E-state index is 4.23. The van der Waals surface area contributed by atoms with E-state index in [1.807, 2.05) is 30.3 Å². The molecule has 0 aromatic heterocycles. The zero-order valence-electron chi connectivity index (χ0n) is 11.6. The second-order valence-corrected chi connectivity index (χ2v) is 5.97. The maximum absolute atomic E-state index is 4.23. The van der Waals surface area contributed by atoms with Crippen molar-refractivity contribution in [3.63, 3.8) is 0 Å². The van der Waals surface area contributed by atoms with Crippen LogP contribution in [-0.4, -0.2) is 0 Å². The summed E-state index contributed by atoms with van der Waals surface area (Å²) in [6.45, 7) is 8.71. The summed E-state index contributed by atoms with van der Waals surface area (Å²) < 4.78 is 0. The molecular weight excluding hydrogens is 236 g/mol. The third-order valence-corrected chi connectivity index (χ3v) is 2.97. The molecule has 0 heterocycles. The van der Waals surface area contributed by atoms with E-state index < -0.39 is 0 Å². The van der Waals surface area contributed by atoms with Crippen LogP contribution in [0.25, 0.3) is 0 Å². The summed E-state index contributed by atoms with van der Waals surface area (Å²) in [5, 5.41) is 0. The molecule has 0 aliphatic rings. The minimum absolute atomic E-state index is 0.251. The molecule has 2 rings (SSSR count). The molecule has 18 heavy (non-hydrogen) atoms. The first-order valence-electron chi connectivity index (χ1n) is 6.21. The van der Waals surface area contributed by atoms with Crippen molar-refractivity contribution in [1.29, 1.82) is 0 Å². The molecule has 0 atom stereocenters. The molecule has 0 amide bonds. The lowest BCUT2D eigenvalue weighted by Gasteiger charge is -2.18. The van der Waals surface area contributed by atoms with Crippen LogP contribution in [-0.2, 0) is 5.41 Å². The van der Waals surface area contributed by atoms with Crippen LogP contribution in [0.1, 0.15) is 31.9 Å². The van der Waals surface area contributed by atoms with E-state index in [4.69, 9.17) is 0 Å². The van der Waals surface area contributed by atoms with Crippen molar-refractivity contribution in [2.24, 2.45) is 0 Å². The average Bonchev–Trinajstić information content (AvgIpc) is 2.30. The Morgan fingerprint density at radius 3 is 1.61 bits per heavy atom. The number of hydrogen-bond donors (Lipinski definition) is 1. The molecule has 1 heteroatoms. The Labute approximate surface area is 116 Å². The molecule has 0 aliphatic heterocycles. The number of hydrogen-bond acceptors (Lipinski definition) is 1. The molecule has 0 saturated carbocycles. The summed E-state index contributed by atoms with van der Waals surface area (Å²) in [5.74, 6) is 0. The molecule has 2 aromatic rings. The maximum Gasteiger partial charge on any atom is 0.00401 e. The lowest BCUT2D eigenvalue weighted by atomic mass is 9.87. The smallest absolute Gasteiger partial charge is 0.00401 e. The Bertz CT molecular complexity index is 449. The zero-order valence-corrected chi connectivity index (χ0v) is 12.5. The average molecular weight is 258 g/mol. The van der Waals surface area contributed by atoms with Crippen LogP contribution >= 0.6 is 12.6 Å². The molecule has 0 spiro atoms. The van der Waals surface area contributed by atoms with Crippen molar-refractivity contribution in [3.8, 4) is 0 Å². The monoisotopic (exact) mass is 258 g/mol. The number of rotatable bonds is 0. The third kappa shape index (κ3) is 5.42. The van der Waals surface area contributed by atoms with E-state index in [-0.39, 0.29) is 5.41 Å². The predicted octanol–water partition coefficient (Wildman–Crippen LogP) is 5.27. The topological polar surface area (TPSA) is 0 Å². The third-order valence-electron chi connectivity index (χ3n) is 2.67. The van der Waals surface area contributed by atoms with E-state index in [2.05, 4.69) is 64.6 Å². The van der Waals surface area contributed by atoms with E-state index in [1.54, 1.807) is 0 Å². The van der Waals surface area contributed by atoms with Crippen molar-refractivity contribution in [2.75, 3.05) is 0 Å². The van der Waals surface area contributed by atoms with Gasteiger partial charge >= 0.3 is 0 Å². The lowest BCUT2D eigenvalue weighted by Crippen LogP contribution is -2.10. The summed E-state index contributed by atoms with van der Waals surface area (Å²) in [6, 6.07) is 18.6. The highest BCUT2D eigenvalue weighted by molar-refractivity contribution is 7.80. The summed E-state index contributed by atoms with van der Waals surface area (Å²) in [6.07, 6.45) is 0. The standard InChI is InChI=1S/C10H14S.C7H8/c1-10(2,3)8-4-6-9(11)7-5-8;1-7-5-3-2-4-6-7/h4-7,11H,1-3H3;2-6H,1H3. The minimum atomic E-state index is 0.251. The van der Waals surface area contributed by atoms with Crippen molar-refractivity contribution in [1.82, 2.24) is 0 Å². The van der Waals surface area contributed by atoms with Crippen LogP contribution in [0.3, 0.4) is 0 Å². The predicted molar refractivity (Wildman–Crippen MR) is 83.6 cm³/mol. The van der Waals surface area contributed by atoms with Gasteiger partial charge in [-0.1, -0.05) is 68.8 Å². The van der Waals surface area contributed by atoms with E-state index in [0.29, 0.717) is 0 Å². The first-order chi connectivity index (χ1) is 8.39. The molecular formula is C17H22S. The number of benzene rings is 2. The van der Waals surface area contributed by atoms with Crippen LogP contribution in [0.2, 0.25) is 0 Å². The Kier molecular flexibility index (Phi) is 5.49. The molecule has 96 valence electrons. The SMILES string of the molecule is CC(C)(C)c1ccc(S)cc1.Cc1ccccc1. The van der Waals surface area contributed by atoms with Crippen molar-refractivity contribution >= 4 is 12.6 Å². The van der Waals surface area contributed by atoms with Gasteiger partial charge in [0.25, 0.3) is 0 Å². The Morgan fingerprint density at radius 1 is 0.778 bits per heavy atom. The van der Waals surface area contributed by atoms with Gasteiger partial charge in [0.15, 0.2) is 0 Å². The van der Waals surface area contributed by atoms with Crippen molar-refractivity contribution in [2.45, 2.75) is 38.0 Å². The Balaban J connectivity index is 0.000000199. The van der Waals surface area contributed by atoms with E-state index in [9.17, 15) is 0 Å². The van der Waals surface area contributed by atoms with Gasteiger partial charge < -0.3 is 0 Å². The molecule has 0 saturated heterocycles. The zero-order chi connectivity index (χ0) is 13.6. The molecule has 2 aromatic carbocycles. The van der Waals surface area contributed by atoms with Crippen LogP contribution in [0.15, 0.2) is 59.5 Å². The van der Waals surface area contributed by atoms with Crippen LogP contribution in [0, 0.1) is 6.92 Å². The first-order valence-corrected chi connectivity index (χ1v) is 6.65.